The van der Waals surface area contributed by atoms with Gasteiger partial charge in [0.05, 0.1) is 0 Å². The molecule has 4 saturated carbocycles. The molecule has 4 bridgehead atoms. The SMILES string of the molecule is Nc1ccc(Nc2ccc(C(=O)NC34CC5CC(CC(C5)C3)C4)cc2)cc1. The number of nitrogens with two attached hydrogens (primary N) is 1. The van der Waals surface area contributed by atoms with Crippen LogP contribution in [0.2, 0.25) is 0 Å². The van der Waals surface area contributed by atoms with E-state index in [9.17, 15) is 4.79 Å². The van der Waals surface area contributed by atoms with Crippen molar-refractivity contribution >= 4 is 23.0 Å². The van der Waals surface area contributed by atoms with Crippen molar-refractivity contribution in [3.05, 3.63) is 54.1 Å². The summed E-state index contributed by atoms with van der Waals surface area (Å²) in [6.45, 7) is 0. The van der Waals surface area contributed by atoms with Crippen molar-refractivity contribution in [1.29, 1.82) is 0 Å². The fourth-order valence-electron chi connectivity index (χ4n) is 6.01. The number of nitrogen functional groups attached to an aromatic ring is 1. The van der Waals surface area contributed by atoms with E-state index in [-0.39, 0.29) is 11.4 Å². The van der Waals surface area contributed by atoms with E-state index in [1.165, 1.54) is 38.5 Å². The molecular formula is C23H27N3O. The topological polar surface area (TPSA) is 67.1 Å². The average molecular weight is 361 g/mol. The molecule has 2 aromatic rings. The van der Waals surface area contributed by atoms with Crippen LogP contribution in [0.4, 0.5) is 17.1 Å². The highest BCUT2D eigenvalue weighted by molar-refractivity contribution is 5.95. The lowest BCUT2D eigenvalue weighted by atomic mass is 9.53. The van der Waals surface area contributed by atoms with Crippen LogP contribution in [-0.4, -0.2) is 11.4 Å². The minimum absolute atomic E-state index is 0.0622. The zero-order valence-electron chi connectivity index (χ0n) is 15.6. The molecule has 1 amide bonds. The summed E-state index contributed by atoms with van der Waals surface area (Å²) >= 11 is 0. The Kier molecular flexibility index (Phi) is 3.88. The number of rotatable bonds is 4. The second-order valence-electron chi connectivity index (χ2n) is 8.98. The molecule has 0 spiro atoms. The fraction of sp³-hybridized carbons (Fsp3) is 0.435. The summed E-state index contributed by atoms with van der Waals surface area (Å²) in [4.78, 5) is 12.9. The number of anilines is 3. The molecule has 4 fully saturated rings. The zero-order chi connectivity index (χ0) is 18.4. The van der Waals surface area contributed by atoms with Gasteiger partial charge in [-0.15, -0.1) is 0 Å². The summed E-state index contributed by atoms with van der Waals surface area (Å²) in [7, 11) is 0. The Morgan fingerprint density at radius 1 is 0.815 bits per heavy atom. The Labute approximate surface area is 160 Å². The van der Waals surface area contributed by atoms with Gasteiger partial charge in [-0.05, 0) is 105 Å². The van der Waals surface area contributed by atoms with E-state index in [0.717, 1.165) is 40.4 Å². The minimum Gasteiger partial charge on any atom is -0.399 e. The van der Waals surface area contributed by atoms with Gasteiger partial charge in [0.2, 0.25) is 0 Å². The van der Waals surface area contributed by atoms with Crippen molar-refractivity contribution in [1.82, 2.24) is 5.32 Å². The first-order valence-electron chi connectivity index (χ1n) is 10.1. The van der Waals surface area contributed by atoms with Crippen LogP contribution in [0.15, 0.2) is 48.5 Å². The van der Waals surface area contributed by atoms with E-state index in [1.54, 1.807) is 0 Å². The number of carbonyl (C=O) groups is 1. The summed E-state index contributed by atoms with van der Waals surface area (Å²) in [5, 5.41) is 6.78. The van der Waals surface area contributed by atoms with Gasteiger partial charge in [-0.2, -0.15) is 0 Å². The highest BCUT2D eigenvalue weighted by Crippen LogP contribution is 2.55. The van der Waals surface area contributed by atoms with Crippen LogP contribution < -0.4 is 16.4 Å². The molecule has 4 N–H and O–H groups in total. The van der Waals surface area contributed by atoms with Gasteiger partial charge in [-0.25, -0.2) is 0 Å². The van der Waals surface area contributed by atoms with Crippen molar-refractivity contribution in [3.8, 4) is 0 Å². The third-order valence-corrected chi connectivity index (χ3v) is 6.76. The molecule has 4 heteroatoms. The van der Waals surface area contributed by atoms with Gasteiger partial charge < -0.3 is 16.4 Å². The largest absolute Gasteiger partial charge is 0.399 e. The van der Waals surface area contributed by atoms with Crippen LogP contribution in [-0.2, 0) is 0 Å². The van der Waals surface area contributed by atoms with Crippen LogP contribution in [0.1, 0.15) is 48.9 Å². The fourth-order valence-corrected chi connectivity index (χ4v) is 6.01. The van der Waals surface area contributed by atoms with Crippen molar-refractivity contribution in [2.45, 2.75) is 44.1 Å². The summed E-state index contributed by atoms with van der Waals surface area (Å²) in [6, 6.07) is 15.4. The number of amides is 1. The van der Waals surface area contributed by atoms with Crippen molar-refractivity contribution in [2.24, 2.45) is 17.8 Å². The third kappa shape index (κ3) is 3.29. The smallest absolute Gasteiger partial charge is 0.251 e. The predicted molar refractivity (Wildman–Crippen MR) is 109 cm³/mol. The summed E-state index contributed by atoms with van der Waals surface area (Å²) in [6.07, 6.45) is 7.71. The molecule has 4 aliphatic rings. The first kappa shape index (κ1) is 16.7. The molecule has 0 radical (unpaired) electrons. The van der Waals surface area contributed by atoms with Gasteiger partial charge in [0.15, 0.2) is 0 Å². The first-order chi connectivity index (χ1) is 13.1. The van der Waals surface area contributed by atoms with Crippen LogP contribution in [0, 0.1) is 17.8 Å². The summed E-state index contributed by atoms with van der Waals surface area (Å²) in [5.74, 6) is 2.59. The third-order valence-electron chi connectivity index (χ3n) is 6.76. The molecule has 0 aromatic heterocycles. The maximum absolute atomic E-state index is 12.9. The van der Waals surface area contributed by atoms with E-state index < -0.39 is 0 Å². The normalized spacial score (nSPS) is 30.9. The number of carbonyl (C=O) groups excluding carboxylic acids is 1. The van der Waals surface area contributed by atoms with Crippen LogP contribution in [0.3, 0.4) is 0 Å². The molecule has 6 rings (SSSR count). The Balaban J connectivity index is 1.26. The highest BCUT2D eigenvalue weighted by Gasteiger charge is 2.51. The predicted octanol–water partition coefficient (Wildman–Crippen LogP) is 4.71. The lowest BCUT2D eigenvalue weighted by Gasteiger charge is -2.56. The molecule has 0 saturated heterocycles. The minimum atomic E-state index is 0.0622. The highest BCUT2D eigenvalue weighted by atomic mass is 16.1. The van der Waals surface area contributed by atoms with E-state index in [1.807, 2.05) is 48.5 Å². The van der Waals surface area contributed by atoms with Gasteiger partial charge in [-0.1, -0.05) is 0 Å². The van der Waals surface area contributed by atoms with Crippen LogP contribution in [0.25, 0.3) is 0 Å². The van der Waals surface area contributed by atoms with Gasteiger partial charge in [0, 0.05) is 28.2 Å². The standard InChI is InChI=1S/C23H27N3O/c24-19-3-7-21(8-4-19)25-20-5-1-18(2-6-20)22(27)26-23-12-15-9-16(13-23)11-17(10-15)14-23/h1-8,15-17,25H,9-14,24H2,(H,26,27). The maximum Gasteiger partial charge on any atom is 0.251 e. The maximum atomic E-state index is 12.9. The Bertz CT molecular complexity index is 806. The van der Waals surface area contributed by atoms with Gasteiger partial charge >= 0.3 is 0 Å². The van der Waals surface area contributed by atoms with E-state index in [0.29, 0.717) is 0 Å². The first-order valence-corrected chi connectivity index (χ1v) is 10.1. The quantitative estimate of drug-likeness (QED) is 0.691. The lowest BCUT2D eigenvalue weighted by molar-refractivity contribution is -0.0167. The van der Waals surface area contributed by atoms with Crippen LogP contribution in [0.5, 0.6) is 0 Å². The Hall–Kier alpha value is -2.49. The summed E-state index contributed by atoms with van der Waals surface area (Å²) in [5.41, 5.74) is 9.22. The molecule has 4 aliphatic carbocycles. The molecule has 140 valence electrons. The van der Waals surface area contributed by atoms with Crippen molar-refractivity contribution in [3.63, 3.8) is 0 Å². The zero-order valence-corrected chi connectivity index (χ0v) is 15.6. The van der Waals surface area contributed by atoms with Crippen molar-refractivity contribution < 1.29 is 4.79 Å². The van der Waals surface area contributed by atoms with E-state index in [2.05, 4.69) is 10.6 Å². The monoisotopic (exact) mass is 361 g/mol. The molecule has 0 aliphatic heterocycles. The Morgan fingerprint density at radius 3 is 1.81 bits per heavy atom. The van der Waals surface area contributed by atoms with Gasteiger partial charge in [0.1, 0.15) is 0 Å². The number of hydrogen-bond acceptors (Lipinski definition) is 3. The molecule has 27 heavy (non-hydrogen) atoms. The Morgan fingerprint density at radius 2 is 1.30 bits per heavy atom. The van der Waals surface area contributed by atoms with Gasteiger partial charge in [0.25, 0.3) is 5.91 Å². The number of nitrogens with one attached hydrogen (secondary N) is 2. The average Bonchev–Trinajstić information content (AvgIpc) is 2.63. The summed E-state index contributed by atoms with van der Waals surface area (Å²) < 4.78 is 0. The van der Waals surface area contributed by atoms with E-state index in [4.69, 9.17) is 5.73 Å². The second-order valence-corrected chi connectivity index (χ2v) is 8.98. The van der Waals surface area contributed by atoms with Gasteiger partial charge in [-0.3, -0.25) is 4.79 Å². The molecular weight excluding hydrogens is 334 g/mol. The number of benzene rings is 2. The molecule has 0 unspecified atom stereocenters. The number of hydrogen-bond donors (Lipinski definition) is 3. The molecule has 2 aromatic carbocycles. The molecule has 0 heterocycles. The molecule has 4 nitrogen and oxygen atoms in total. The van der Waals surface area contributed by atoms with E-state index >= 15 is 0 Å². The van der Waals surface area contributed by atoms with Crippen molar-refractivity contribution in [2.75, 3.05) is 11.1 Å². The molecule has 0 atom stereocenters. The lowest BCUT2D eigenvalue weighted by Crippen LogP contribution is -2.59. The second kappa shape index (κ2) is 6.29. The van der Waals surface area contributed by atoms with Crippen LogP contribution >= 0.6 is 0 Å².